The minimum atomic E-state index is -4.46. The van der Waals surface area contributed by atoms with Crippen molar-refractivity contribution in [2.75, 3.05) is 0 Å². The van der Waals surface area contributed by atoms with Crippen LogP contribution in [-0.4, -0.2) is 30.6 Å². The molecular formula is C21H16F3N5O3. The van der Waals surface area contributed by atoms with Crippen LogP contribution in [0.3, 0.4) is 0 Å². The number of benzene rings is 2. The van der Waals surface area contributed by atoms with E-state index in [9.17, 15) is 22.8 Å². The normalized spacial score (nSPS) is 11.7. The van der Waals surface area contributed by atoms with Crippen LogP contribution in [0.25, 0.3) is 22.4 Å². The lowest BCUT2D eigenvalue weighted by Crippen LogP contribution is -2.25. The molecule has 8 nitrogen and oxygen atoms in total. The first-order valence-electron chi connectivity index (χ1n) is 9.34. The minimum Gasteiger partial charge on any atom is -0.340 e. The summed E-state index contributed by atoms with van der Waals surface area (Å²) < 4.78 is 39.9. The number of hydroxylamine groups is 1. The first-order chi connectivity index (χ1) is 15.2. The molecule has 1 amide bonds. The molecule has 2 aromatic heterocycles. The summed E-state index contributed by atoms with van der Waals surface area (Å²) in [4.78, 5) is 36.6. The highest BCUT2D eigenvalue weighted by molar-refractivity contribution is 5.97. The van der Waals surface area contributed by atoms with Crippen LogP contribution in [0.4, 0.5) is 13.2 Å². The van der Waals surface area contributed by atoms with Gasteiger partial charge in [-0.1, -0.05) is 12.1 Å². The maximum atomic E-state index is 13.3. The molecule has 0 saturated heterocycles. The maximum absolute atomic E-state index is 13.3. The van der Waals surface area contributed by atoms with E-state index in [1.54, 1.807) is 6.92 Å². The summed E-state index contributed by atoms with van der Waals surface area (Å²) in [7, 11) is 0. The summed E-state index contributed by atoms with van der Waals surface area (Å²) in [5, 5.41) is 9.06. The predicted molar refractivity (Wildman–Crippen MR) is 108 cm³/mol. The molecule has 3 N–H and O–H groups in total. The van der Waals surface area contributed by atoms with Gasteiger partial charge in [0.05, 0.1) is 29.2 Å². The Bertz CT molecular complexity index is 1370. The second kappa shape index (κ2) is 7.93. The van der Waals surface area contributed by atoms with Gasteiger partial charge in [-0.25, -0.2) is 15.4 Å². The number of imidazole rings is 1. The molecule has 4 rings (SSSR count). The second-order valence-electron chi connectivity index (χ2n) is 7.08. The smallest absolute Gasteiger partial charge is 0.340 e. The largest absolute Gasteiger partial charge is 0.416 e. The van der Waals surface area contributed by atoms with Gasteiger partial charge >= 0.3 is 6.18 Å². The Kier molecular flexibility index (Phi) is 5.26. The van der Waals surface area contributed by atoms with Gasteiger partial charge < -0.3 is 4.98 Å². The molecule has 11 heteroatoms. The first-order valence-corrected chi connectivity index (χ1v) is 9.34. The third-order valence-electron chi connectivity index (χ3n) is 4.88. The quantitative estimate of drug-likeness (QED) is 0.331. The van der Waals surface area contributed by atoms with Crippen LogP contribution in [0.2, 0.25) is 0 Å². The van der Waals surface area contributed by atoms with E-state index >= 15 is 0 Å². The Balaban J connectivity index is 1.87. The number of aromatic nitrogens is 4. The van der Waals surface area contributed by atoms with Crippen LogP contribution >= 0.6 is 0 Å². The topological polar surface area (TPSA) is 113 Å². The number of carbonyl (C=O) groups is 1. The summed E-state index contributed by atoms with van der Waals surface area (Å²) in [5.41, 5.74) is 1.48. The van der Waals surface area contributed by atoms with E-state index in [-0.39, 0.29) is 28.8 Å². The van der Waals surface area contributed by atoms with Crippen LogP contribution < -0.4 is 11.0 Å². The number of carbonyl (C=O) groups excluding carboxylic acids is 1. The molecular weight excluding hydrogens is 427 g/mol. The zero-order chi connectivity index (χ0) is 23.0. The van der Waals surface area contributed by atoms with Crippen LogP contribution in [-0.2, 0) is 12.7 Å². The van der Waals surface area contributed by atoms with Gasteiger partial charge in [-0.3, -0.25) is 19.4 Å². The third-order valence-corrected chi connectivity index (χ3v) is 4.88. The van der Waals surface area contributed by atoms with E-state index in [0.717, 1.165) is 12.1 Å². The molecule has 0 fully saturated rings. The molecule has 0 aliphatic heterocycles. The lowest BCUT2D eigenvalue weighted by molar-refractivity contribution is -0.137. The average Bonchev–Trinajstić information content (AvgIpc) is 3.20. The van der Waals surface area contributed by atoms with E-state index in [4.69, 9.17) is 5.21 Å². The van der Waals surface area contributed by atoms with E-state index in [1.165, 1.54) is 46.6 Å². The number of alkyl halides is 3. The fourth-order valence-corrected chi connectivity index (χ4v) is 3.30. The summed E-state index contributed by atoms with van der Waals surface area (Å²) in [6.45, 7) is 1.68. The number of hydrogen-bond donors (Lipinski definition) is 3. The monoisotopic (exact) mass is 443 g/mol. The number of H-pyrrole nitrogens is 1. The number of nitrogens with zero attached hydrogens (tertiary/aromatic N) is 3. The Morgan fingerprint density at radius 3 is 2.50 bits per heavy atom. The van der Waals surface area contributed by atoms with E-state index in [2.05, 4.69) is 15.0 Å². The molecule has 0 atom stereocenters. The lowest BCUT2D eigenvalue weighted by Gasteiger charge is -2.14. The van der Waals surface area contributed by atoms with Gasteiger partial charge in [0.1, 0.15) is 11.5 Å². The Hall–Kier alpha value is -3.99. The molecule has 0 spiro atoms. The van der Waals surface area contributed by atoms with Crippen LogP contribution in [0.5, 0.6) is 0 Å². The third kappa shape index (κ3) is 3.97. The van der Waals surface area contributed by atoms with Crippen molar-refractivity contribution in [3.63, 3.8) is 0 Å². The number of rotatable bonds is 4. The SMILES string of the molecule is Cc1ncc(-c2nc3cc(C(=O)NO)ccc3c(=O)n2Cc2ccc(C(F)(F)F)cc2)[nH]1. The van der Waals surface area contributed by atoms with Gasteiger partial charge in [0.25, 0.3) is 11.5 Å². The second-order valence-corrected chi connectivity index (χ2v) is 7.08. The van der Waals surface area contributed by atoms with E-state index < -0.39 is 23.2 Å². The number of nitrogens with one attached hydrogen (secondary N) is 2. The minimum absolute atomic E-state index is 0.0355. The van der Waals surface area contributed by atoms with Crippen molar-refractivity contribution in [1.29, 1.82) is 0 Å². The lowest BCUT2D eigenvalue weighted by atomic mass is 10.1. The molecule has 0 aliphatic carbocycles. The standard InChI is InChI=1S/C21H16F3N5O3/c1-11-25-9-17(26-11)18-27-16-8-13(19(30)28-32)4-7-15(16)20(31)29(18)10-12-2-5-14(6-3-12)21(22,23)24/h2-9,32H,10H2,1H3,(H,25,26)(H,28,30). The van der Waals surface area contributed by atoms with Crippen molar-refractivity contribution >= 4 is 16.8 Å². The summed E-state index contributed by atoms with van der Waals surface area (Å²) in [5.74, 6) is 0.00922. The number of amides is 1. The molecule has 0 saturated carbocycles. The van der Waals surface area contributed by atoms with Gasteiger partial charge in [0.2, 0.25) is 0 Å². The number of hydrogen-bond acceptors (Lipinski definition) is 5. The molecule has 0 bridgehead atoms. The fourth-order valence-electron chi connectivity index (χ4n) is 3.30. The first kappa shape index (κ1) is 21.2. The van der Waals surface area contributed by atoms with Crippen molar-refractivity contribution in [3.05, 3.63) is 81.5 Å². The zero-order valence-electron chi connectivity index (χ0n) is 16.6. The maximum Gasteiger partial charge on any atom is 0.416 e. The van der Waals surface area contributed by atoms with Crippen LogP contribution in [0.1, 0.15) is 27.3 Å². The molecule has 4 aromatic rings. The molecule has 0 unspecified atom stereocenters. The Morgan fingerprint density at radius 2 is 1.91 bits per heavy atom. The van der Waals surface area contributed by atoms with Crippen LogP contribution in [0, 0.1) is 6.92 Å². The summed E-state index contributed by atoms with van der Waals surface area (Å²) in [6.07, 6.45) is -2.98. The van der Waals surface area contributed by atoms with E-state index in [1.807, 2.05) is 0 Å². The van der Waals surface area contributed by atoms with Gasteiger partial charge in [-0.05, 0) is 42.8 Å². The highest BCUT2D eigenvalue weighted by Gasteiger charge is 2.30. The predicted octanol–water partition coefficient (Wildman–Crippen LogP) is 3.28. The van der Waals surface area contributed by atoms with Gasteiger partial charge in [0, 0.05) is 5.56 Å². The summed E-state index contributed by atoms with van der Waals surface area (Å²) in [6, 6.07) is 8.63. The van der Waals surface area contributed by atoms with Crippen molar-refractivity contribution in [2.24, 2.45) is 0 Å². The molecule has 2 heterocycles. The Morgan fingerprint density at radius 1 is 1.19 bits per heavy atom. The number of fused-ring (bicyclic) bond motifs is 1. The Labute approximate surface area is 178 Å². The van der Waals surface area contributed by atoms with Crippen LogP contribution in [0.15, 0.2) is 53.5 Å². The highest BCUT2D eigenvalue weighted by atomic mass is 19.4. The van der Waals surface area contributed by atoms with Crippen molar-refractivity contribution < 1.29 is 23.2 Å². The average molecular weight is 443 g/mol. The molecule has 2 aromatic carbocycles. The van der Waals surface area contributed by atoms with Crippen molar-refractivity contribution in [2.45, 2.75) is 19.6 Å². The van der Waals surface area contributed by atoms with E-state index in [0.29, 0.717) is 17.1 Å². The summed E-state index contributed by atoms with van der Waals surface area (Å²) >= 11 is 0. The number of halogens is 3. The molecule has 0 aliphatic rings. The molecule has 32 heavy (non-hydrogen) atoms. The zero-order valence-corrected chi connectivity index (χ0v) is 16.6. The molecule has 0 radical (unpaired) electrons. The number of aromatic amines is 1. The molecule has 164 valence electrons. The van der Waals surface area contributed by atoms with Gasteiger partial charge in [0.15, 0.2) is 5.82 Å². The number of aryl methyl sites for hydroxylation is 1. The van der Waals surface area contributed by atoms with Crippen molar-refractivity contribution in [3.8, 4) is 11.5 Å². The van der Waals surface area contributed by atoms with Gasteiger partial charge in [-0.2, -0.15) is 13.2 Å². The van der Waals surface area contributed by atoms with Gasteiger partial charge in [-0.15, -0.1) is 0 Å². The highest BCUT2D eigenvalue weighted by Crippen LogP contribution is 2.29. The fraction of sp³-hybridized carbons (Fsp3) is 0.143. The van der Waals surface area contributed by atoms with Crippen molar-refractivity contribution in [1.82, 2.24) is 25.0 Å².